The SMILES string of the molecule is CCC(C)[C@@H](C(CC(=O)N1CCC[C@H]1[C@H](OC)[C@@H](C)C(=O)N[C@H](C)[C@@H](O)c1ccccc1)OC)N(C)C(=O)[C@@H](NC(=O)[C@H](C(C)C)N(C)C(=O)OCc1ccc(NC(=O)[C@H](CCCNC(N)=O)NC(=O)[C@@H](NC(=O)CCC(=O)N(CCN2C(=O)C=C(Sc3ccccc3)C2=O)CCN2C(=O)C=C(Sc3ccccc3)C2=O)C(C)C)cc1)C(C)C. The van der Waals surface area contributed by atoms with Crippen LogP contribution in [-0.4, -0.2) is 240 Å². The molecule has 1 saturated heterocycles. The van der Waals surface area contributed by atoms with E-state index >= 15 is 0 Å². The molecule has 33 heteroatoms. The van der Waals surface area contributed by atoms with Crippen molar-refractivity contribution >= 4 is 112 Å². The zero-order chi connectivity index (χ0) is 87.5. The largest absolute Gasteiger partial charge is 0.445 e. The number of carbonyl (C=O) groups is 14. The number of amides is 15. The number of methoxy groups -OCH3 is 2. The van der Waals surface area contributed by atoms with E-state index in [1.807, 2.05) is 44.2 Å². The van der Waals surface area contributed by atoms with Crippen LogP contribution in [0.1, 0.15) is 138 Å². The first kappa shape index (κ1) is 95.7. The van der Waals surface area contributed by atoms with Gasteiger partial charge in [0.05, 0.1) is 58.6 Å². The highest BCUT2D eigenvalue weighted by atomic mass is 32.2. The third-order valence-corrected chi connectivity index (χ3v) is 23.6. The molecule has 119 heavy (non-hydrogen) atoms. The number of aliphatic hydroxyl groups is 1. The van der Waals surface area contributed by atoms with Crippen LogP contribution in [0.4, 0.5) is 15.3 Å². The van der Waals surface area contributed by atoms with Crippen molar-refractivity contribution in [3.63, 3.8) is 0 Å². The number of hydrogen-bond acceptors (Lipinski definition) is 20. The number of nitrogens with zero attached hydrogens (tertiary/aromatic N) is 6. The molecule has 3 heterocycles. The smallest absolute Gasteiger partial charge is 0.410 e. The molecular weight excluding hydrogens is 1570 g/mol. The Kier molecular flexibility index (Phi) is 37.1. The van der Waals surface area contributed by atoms with Crippen molar-refractivity contribution in [1.29, 1.82) is 0 Å². The minimum atomic E-state index is -1.26. The molecule has 0 aromatic heterocycles. The number of primary amides is 1. The van der Waals surface area contributed by atoms with Crippen LogP contribution in [0.3, 0.4) is 0 Å². The summed E-state index contributed by atoms with van der Waals surface area (Å²) in [5, 5.41) is 27.5. The van der Waals surface area contributed by atoms with Crippen LogP contribution in [0.15, 0.2) is 147 Å². The molecular formula is C86H117N13O18S2. The van der Waals surface area contributed by atoms with E-state index in [9.17, 15) is 72.2 Å². The number of ether oxygens (including phenoxy) is 3. The summed E-state index contributed by atoms with van der Waals surface area (Å²) >= 11 is 2.21. The molecule has 3 aliphatic rings. The summed E-state index contributed by atoms with van der Waals surface area (Å²) in [6.45, 7) is 17.0. The van der Waals surface area contributed by atoms with Gasteiger partial charge < -0.3 is 71.7 Å². The van der Waals surface area contributed by atoms with Gasteiger partial charge in [0.15, 0.2) is 0 Å². The average Bonchev–Trinajstić information content (AvgIpc) is 1.76. The van der Waals surface area contributed by atoms with Crippen LogP contribution in [0.5, 0.6) is 0 Å². The Bertz CT molecular complexity index is 4160. The first-order valence-electron chi connectivity index (χ1n) is 40.4. The van der Waals surface area contributed by atoms with Gasteiger partial charge >= 0.3 is 12.1 Å². The average molecular weight is 1690 g/mol. The molecule has 9 N–H and O–H groups in total. The van der Waals surface area contributed by atoms with E-state index in [-0.39, 0.29) is 91.8 Å². The predicted molar refractivity (Wildman–Crippen MR) is 449 cm³/mol. The van der Waals surface area contributed by atoms with Crippen LogP contribution in [0, 0.1) is 29.6 Å². The topological polar surface area (TPSA) is 405 Å². The van der Waals surface area contributed by atoms with Crippen molar-refractivity contribution in [2.75, 3.05) is 72.9 Å². The summed E-state index contributed by atoms with van der Waals surface area (Å²) in [5.74, 6) is -9.26. The van der Waals surface area contributed by atoms with Gasteiger partial charge in [-0.25, -0.2) is 9.59 Å². The molecule has 0 bridgehead atoms. The van der Waals surface area contributed by atoms with E-state index in [4.69, 9.17) is 19.9 Å². The number of nitrogens with two attached hydrogens (primary N) is 1. The number of likely N-dealkylation sites (tertiary alicyclic amines) is 1. The normalized spacial score (nSPS) is 16.9. The molecule has 0 radical (unpaired) electrons. The Labute approximate surface area is 705 Å². The number of aliphatic hydroxyl groups excluding tert-OH is 1. The Morgan fingerprint density at radius 3 is 1.70 bits per heavy atom. The standard InChI is InChI=1S/C86H117N13O18S2/c1-15-54(8)75(64(115-13)47-69(102)97-42-26-34-63(97)77(116-14)55(9)78(106)89-56(10)76(105)58-27-19-16-20-28-58)94(11)84(112)73(52(4)5)93-81(109)74(53(6)7)95(12)86(114)117-50-57-35-37-59(38-36-57)90-79(107)62(33-25-41-88-85(87)113)91-80(108)72(51(2)3)92-67(100)39-40-68(101)96(43-45-98-70(103)48-65(82(98)110)118-60-29-21-17-22-30-60)44-46-99-71(104)49-66(83(99)111)119-61-31-23-18-24-32-61/h16-24,27-32,35-38,48-49,51-56,62-64,72-77,105H,15,25-26,33-34,39-47,50H2,1-14H3,(H,89,106)(H,90,107)(H,91,108)(H,92,100)(H,93,109)(H3,87,88,113)/t54?,55-,56-,62+,63+,64?,72+,73+,74+,75+,76-,77-/m1/s1. The maximum Gasteiger partial charge on any atom is 0.410 e. The third-order valence-electron chi connectivity index (χ3n) is 21.5. The lowest BCUT2D eigenvalue weighted by atomic mass is 9.89. The molecule has 2 unspecified atom stereocenters. The minimum absolute atomic E-state index is 0.0245. The lowest BCUT2D eigenvalue weighted by Gasteiger charge is -2.41. The molecule has 15 amide bonds. The molecule has 646 valence electrons. The fourth-order valence-corrected chi connectivity index (χ4v) is 16.4. The van der Waals surface area contributed by atoms with E-state index in [1.165, 1.54) is 55.4 Å². The summed E-state index contributed by atoms with van der Waals surface area (Å²) in [6.07, 6.45) is 0.0618. The number of likely N-dealkylation sites (N-methyl/N-ethyl adjacent to an activating group) is 2. The van der Waals surface area contributed by atoms with Crippen molar-refractivity contribution < 1.29 is 86.4 Å². The molecule has 0 saturated carbocycles. The Morgan fingerprint density at radius 1 is 0.630 bits per heavy atom. The summed E-state index contributed by atoms with van der Waals surface area (Å²) in [4.78, 5) is 203. The molecule has 12 atom stereocenters. The van der Waals surface area contributed by atoms with Crippen molar-refractivity contribution in [2.24, 2.45) is 35.3 Å². The van der Waals surface area contributed by atoms with Crippen LogP contribution < -0.4 is 37.6 Å². The summed E-state index contributed by atoms with van der Waals surface area (Å²) < 4.78 is 17.8. The second kappa shape index (κ2) is 46.2. The van der Waals surface area contributed by atoms with Crippen LogP contribution >= 0.6 is 23.5 Å². The van der Waals surface area contributed by atoms with Crippen molar-refractivity contribution in [3.8, 4) is 0 Å². The Balaban J connectivity index is 0.937. The summed E-state index contributed by atoms with van der Waals surface area (Å²) in [7, 11) is 6.03. The van der Waals surface area contributed by atoms with Crippen molar-refractivity contribution in [3.05, 3.63) is 148 Å². The second-order valence-corrected chi connectivity index (χ2v) is 33.3. The van der Waals surface area contributed by atoms with E-state index in [2.05, 4.69) is 31.9 Å². The summed E-state index contributed by atoms with van der Waals surface area (Å²) in [5.41, 5.74) is 6.71. The number of urea groups is 1. The quantitative estimate of drug-likeness (QED) is 0.0159. The zero-order valence-electron chi connectivity index (χ0n) is 70.4. The van der Waals surface area contributed by atoms with Crippen LogP contribution in [-0.2, 0) is 78.4 Å². The highest BCUT2D eigenvalue weighted by Crippen LogP contribution is 2.35. The summed E-state index contributed by atoms with van der Waals surface area (Å²) in [6, 6.07) is 25.9. The minimum Gasteiger partial charge on any atom is -0.445 e. The number of carbonyl (C=O) groups excluding carboxylic acids is 14. The molecule has 7 rings (SSSR count). The fraction of sp³-hybridized carbons (Fsp3) is 0.512. The number of imide groups is 2. The molecule has 1 fully saturated rings. The zero-order valence-corrected chi connectivity index (χ0v) is 72.0. The van der Waals surface area contributed by atoms with Crippen LogP contribution in [0.25, 0.3) is 0 Å². The van der Waals surface area contributed by atoms with Crippen LogP contribution in [0.2, 0.25) is 0 Å². The highest BCUT2D eigenvalue weighted by molar-refractivity contribution is 8.04. The first-order valence-corrected chi connectivity index (χ1v) is 42.0. The van der Waals surface area contributed by atoms with Gasteiger partial charge in [0.25, 0.3) is 23.6 Å². The van der Waals surface area contributed by atoms with Gasteiger partial charge in [0.1, 0.15) is 30.8 Å². The highest BCUT2D eigenvalue weighted by Gasteiger charge is 2.45. The molecule has 0 aliphatic carbocycles. The molecule has 31 nitrogen and oxygen atoms in total. The molecule has 0 spiro atoms. The monoisotopic (exact) mass is 1680 g/mol. The van der Waals surface area contributed by atoms with Crippen molar-refractivity contribution in [2.45, 2.75) is 198 Å². The number of nitrogens with one attached hydrogen (secondary N) is 6. The maximum atomic E-state index is 14.9. The number of thioether (sulfide) groups is 2. The lowest BCUT2D eigenvalue weighted by Crippen LogP contribution is -2.60. The third kappa shape index (κ3) is 27.0. The Hall–Kier alpha value is -10.5. The fourth-order valence-electron chi connectivity index (χ4n) is 14.6. The van der Waals surface area contributed by atoms with Gasteiger partial charge in [0.2, 0.25) is 47.3 Å². The molecule has 4 aromatic carbocycles. The maximum absolute atomic E-state index is 14.9. The van der Waals surface area contributed by atoms with E-state index < -0.39 is 168 Å². The van der Waals surface area contributed by atoms with Gasteiger partial charge in [-0.05, 0) is 104 Å². The second-order valence-electron chi connectivity index (χ2n) is 31.1. The number of hydrogen-bond donors (Lipinski definition) is 8. The van der Waals surface area contributed by atoms with E-state index in [0.29, 0.717) is 36.9 Å². The van der Waals surface area contributed by atoms with Gasteiger partial charge in [-0.3, -0.25) is 72.2 Å². The Morgan fingerprint density at radius 2 is 1.18 bits per heavy atom. The van der Waals surface area contributed by atoms with Gasteiger partial charge in [-0.15, -0.1) is 0 Å². The number of anilines is 1. The van der Waals surface area contributed by atoms with E-state index in [0.717, 1.165) is 48.0 Å². The van der Waals surface area contributed by atoms with Gasteiger partial charge in [0, 0.05) is 108 Å². The van der Waals surface area contributed by atoms with E-state index in [1.54, 1.807) is 140 Å². The van der Waals surface area contributed by atoms with Gasteiger partial charge in [-0.1, -0.05) is 171 Å². The van der Waals surface area contributed by atoms with Gasteiger partial charge in [-0.2, -0.15) is 0 Å². The molecule has 3 aliphatic heterocycles. The first-order chi connectivity index (χ1) is 56.6. The molecule has 4 aromatic rings. The predicted octanol–water partition coefficient (Wildman–Crippen LogP) is 7.29. The van der Waals surface area contributed by atoms with Crippen molar-refractivity contribution in [1.82, 2.24) is 56.0 Å². The number of rotatable bonds is 45. The lowest BCUT2D eigenvalue weighted by molar-refractivity contribution is -0.148. The number of benzene rings is 4.